The molecule has 4 N–H and O–H groups in total. The lowest BCUT2D eigenvalue weighted by atomic mass is 9.95. The molecule has 31 heavy (non-hydrogen) atoms. The maximum absolute atomic E-state index is 13.3. The number of amides is 1. The van der Waals surface area contributed by atoms with Gasteiger partial charge in [-0.25, -0.2) is 8.78 Å². The molecule has 1 unspecified atom stereocenters. The quantitative estimate of drug-likeness (QED) is 0.576. The summed E-state index contributed by atoms with van der Waals surface area (Å²) < 4.78 is 26.7. The Morgan fingerprint density at radius 1 is 0.903 bits per heavy atom. The van der Waals surface area contributed by atoms with Crippen molar-refractivity contribution < 1.29 is 13.6 Å². The highest BCUT2D eigenvalue weighted by Crippen LogP contribution is 2.29. The van der Waals surface area contributed by atoms with E-state index in [-0.39, 0.29) is 17.5 Å². The van der Waals surface area contributed by atoms with E-state index in [0.29, 0.717) is 18.0 Å². The first-order valence-corrected chi connectivity index (χ1v) is 10.3. The molecule has 0 spiro atoms. The highest BCUT2D eigenvalue weighted by molar-refractivity contribution is 5.97. The van der Waals surface area contributed by atoms with Crippen molar-refractivity contribution in [2.24, 2.45) is 11.7 Å². The van der Waals surface area contributed by atoms with Gasteiger partial charge < -0.3 is 16.4 Å². The van der Waals surface area contributed by atoms with Gasteiger partial charge in [0.25, 0.3) is 5.91 Å². The van der Waals surface area contributed by atoms with Crippen LogP contribution >= 0.6 is 0 Å². The van der Waals surface area contributed by atoms with E-state index in [9.17, 15) is 13.6 Å². The van der Waals surface area contributed by atoms with Crippen LogP contribution in [0.15, 0.2) is 66.7 Å². The van der Waals surface area contributed by atoms with Gasteiger partial charge in [-0.15, -0.1) is 0 Å². The molecular formula is C25H27F2N3O. The predicted octanol–water partition coefficient (Wildman–Crippen LogP) is 4.21. The third-order valence-corrected chi connectivity index (χ3v) is 5.26. The van der Waals surface area contributed by atoms with Crippen molar-refractivity contribution in [3.63, 3.8) is 0 Å². The Kier molecular flexibility index (Phi) is 7.87. The van der Waals surface area contributed by atoms with Gasteiger partial charge in [0, 0.05) is 12.1 Å². The Morgan fingerprint density at radius 2 is 1.42 bits per heavy atom. The first kappa shape index (κ1) is 22.6. The van der Waals surface area contributed by atoms with Crippen LogP contribution in [-0.2, 0) is 0 Å². The standard InChI is InChI=1S/C24H22F2N2O.CH5N/c25-22-5-1-17(2-6-22)19-11-20(18-3-7-23(26)8-4-18)13-21(12-19)24(29)28-15-16-9-10-27-14-16;1-2/h1-8,11-13,16,27H,9-10,14-15H2,(H,28,29);2H2,1H3. The lowest BCUT2D eigenvalue weighted by Crippen LogP contribution is -2.30. The second-order valence-corrected chi connectivity index (χ2v) is 7.38. The van der Waals surface area contributed by atoms with Crippen molar-refractivity contribution in [1.82, 2.24) is 10.6 Å². The number of carbonyl (C=O) groups is 1. The molecule has 1 saturated heterocycles. The summed E-state index contributed by atoms with van der Waals surface area (Å²) in [5.74, 6) is -0.335. The van der Waals surface area contributed by atoms with E-state index in [0.717, 1.165) is 41.8 Å². The first-order valence-electron chi connectivity index (χ1n) is 10.3. The van der Waals surface area contributed by atoms with E-state index in [2.05, 4.69) is 16.4 Å². The first-order chi connectivity index (χ1) is 15.1. The molecule has 162 valence electrons. The van der Waals surface area contributed by atoms with Crippen molar-refractivity contribution >= 4 is 5.91 Å². The summed E-state index contributed by atoms with van der Waals surface area (Å²) in [5.41, 5.74) is 8.25. The predicted molar refractivity (Wildman–Crippen MR) is 121 cm³/mol. The van der Waals surface area contributed by atoms with Crippen LogP contribution in [0.1, 0.15) is 16.8 Å². The van der Waals surface area contributed by atoms with Crippen molar-refractivity contribution in [2.45, 2.75) is 6.42 Å². The van der Waals surface area contributed by atoms with E-state index in [1.807, 2.05) is 18.2 Å². The summed E-state index contributed by atoms with van der Waals surface area (Å²) in [6, 6.07) is 17.9. The molecule has 1 heterocycles. The van der Waals surface area contributed by atoms with Crippen LogP contribution in [0.2, 0.25) is 0 Å². The van der Waals surface area contributed by atoms with E-state index >= 15 is 0 Å². The molecule has 1 aliphatic heterocycles. The van der Waals surface area contributed by atoms with Crippen molar-refractivity contribution in [2.75, 3.05) is 26.7 Å². The summed E-state index contributed by atoms with van der Waals surface area (Å²) in [7, 11) is 1.50. The van der Waals surface area contributed by atoms with Gasteiger partial charge in [-0.05, 0) is 97.2 Å². The van der Waals surface area contributed by atoms with Crippen LogP contribution in [0.3, 0.4) is 0 Å². The fraction of sp³-hybridized carbons (Fsp3) is 0.240. The molecule has 3 aromatic rings. The molecule has 4 rings (SSSR count). The summed E-state index contributed by atoms with van der Waals surface area (Å²) in [5, 5.41) is 6.31. The smallest absolute Gasteiger partial charge is 0.251 e. The van der Waals surface area contributed by atoms with E-state index < -0.39 is 0 Å². The molecule has 4 nitrogen and oxygen atoms in total. The fourth-order valence-electron chi connectivity index (χ4n) is 3.60. The van der Waals surface area contributed by atoms with Gasteiger partial charge in [-0.3, -0.25) is 4.79 Å². The highest BCUT2D eigenvalue weighted by atomic mass is 19.1. The molecule has 6 heteroatoms. The van der Waals surface area contributed by atoms with Gasteiger partial charge in [0.15, 0.2) is 0 Å². The van der Waals surface area contributed by atoms with Gasteiger partial charge in [-0.2, -0.15) is 0 Å². The number of benzene rings is 3. The highest BCUT2D eigenvalue weighted by Gasteiger charge is 2.17. The summed E-state index contributed by atoms with van der Waals surface area (Å²) >= 11 is 0. The zero-order chi connectivity index (χ0) is 22.2. The zero-order valence-electron chi connectivity index (χ0n) is 17.5. The third-order valence-electron chi connectivity index (χ3n) is 5.26. The molecule has 0 aliphatic carbocycles. The number of carbonyl (C=O) groups excluding carboxylic acids is 1. The Hall–Kier alpha value is -3.09. The van der Waals surface area contributed by atoms with Crippen LogP contribution in [-0.4, -0.2) is 32.6 Å². The average molecular weight is 424 g/mol. The van der Waals surface area contributed by atoms with Gasteiger partial charge in [0.05, 0.1) is 0 Å². The van der Waals surface area contributed by atoms with Crippen LogP contribution in [0.5, 0.6) is 0 Å². The molecule has 0 radical (unpaired) electrons. The number of rotatable bonds is 5. The minimum atomic E-state index is -0.313. The number of halogens is 2. The van der Waals surface area contributed by atoms with Gasteiger partial charge in [-0.1, -0.05) is 24.3 Å². The normalized spacial score (nSPS) is 15.2. The van der Waals surface area contributed by atoms with E-state index in [1.165, 1.54) is 31.3 Å². The van der Waals surface area contributed by atoms with Crippen LogP contribution in [0.4, 0.5) is 8.78 Å². The van der Waals surface area contributed by atoms with Gasteiger partial charge in [0.2, 0.25) is 0 Å². The third kappa shape index (κ3) is 5.96. The summed E-state index contributed by atoms with van der Waals surface area (Å²) in [6.07, 6.45) is 1.05. The minimum Gasteiger partial charge on any atom is -0.352 e. The Labute approximate surface area is 181 Å². The van der Waals surface area contributed by atoms with Crippen molar-refractivity contribution in [1.29, 1.82) is 0 Å². The summed E-state index contributed by atoms with van der Waals surface area (Å²) in [6.45, 7) is 2.52. The number of hydrogen-bond acceptors (Lipinski definition) is 3. The fourth-order valence-corrected chi connectivity index (χ4v) is 3.60. The molecule has 3 aromatic carbocycles. The van der Waals surface area contributed by atoms with Crippen molar-refractivity contribution in [3.05, 3.63) is 83.9 Å². The molecule has 1 atom stereocenters. The topological polar surface area (TPSA) is 67.2 Å². The van der Waals surface area contributed by atoms with Crippen LogP contribution in [0.25, 0.3) is 22.3 Å². The molecular weight excluding hydrogens is 396 g/mol. The zero-order valence-corrected chi connectivity index (χ0v) is 17.5. The van der Waals surface area contributed by atoms with Gasteiger partial charge in [0.1, 0.15) is 11.6 Å². The molecule has 0 bridgehead atoms. The van der Waals surface area contributed by atoms with Crippen molar-refractivity contribution in [3.8, 4) is 22.3 Å². The lowest BCUT2D eigenvalue weighted by molar-refractivity contribution is 0.0948. The number of hydrogen-bond donors (Lipinski definition) is 3. The van der Waals surface area contributed by atoms with E-state index in [4.69, 9.17) is 0 Å². The SMILES string of the molecule is CN.O=C(NCC1CCNC1)c1cc(-c2ccc(F)cc2)cc(-c2ccc(F)cc2)c1. The molecule has 0 aromatic heterocycles. The second-order valence-electron chi connectivity index (χ2n) is 7.38. The van der Waals surface area contributed by atoms with Crippen LogP contribution in [0, 0.1) is 17.6 Å². The number of nitrogens with two attached hydrogens (primary N) is 1. The van der Waals surface area contributed by atoms with Crippen LogP contribution < -0.4 is 16.4 Å². The Bertz CT molecular complexity index is 935. The molecule has 1 amide bonds. The largest absolute Gasteiger partial charge is 0.352 e. The monoisotopic (exact) mass is 423 g/mol. The second kappa shape index (κ2) is 10.8. The maximum Gasteiger partial charge on any atom is 0.251 e. The van der Waals surface area contributed by atoms with Gasteiger partial charge >= 0.3 is 0 Å². The average Bonchev–Trinajstić information content (AvgIpc) is 3.33. The molecule has 1 aliphatic rings. The Morgan fingerprint density at radius 3 is 1.87 bits per heavy atom. The maximum atomic E-state index is 13.3. The Balaban J connectivity index is 0.00000132. The molecule has 0 saturated carbocycles. The summed E-state index contributed by atoms with van der Waals surface area (Å²) in [4.78, 5) is 12.8. The number of nitrogens with one attached hydrogen (secondary N) is 2. The van der Waals surface area contributed by atoms with E-state index in [1.54, 1.807) is 24.3 Å². The molecule has 1 fully saturated rings. The lowest BCUT2D eigenvalue weighted by Gasteiger charge is -2.13. The minimum absolute atomic E-state index is 0.149.